The third-order valence-corrected chi connectivity index (χ3v) is 5.00. The molecule has 1 fully saturated rings. The summed E-state index contributed by atoms with van der Waals surface area (Å²) in [5.74, 6) is 1.11. The smallest absolute Gasteiger partial charge is 0.303 e. The molecule has 0 unspecified atom stereocenters. The lowest BCUT2D eigenvalue weighted by molar-refractivity contribution is -0.150. The highest BCUT2D eigenvalue weighted by molar-refractivity contribution is 5.80. The summed E-state index contributed by atoms with van der Waals surface area (Å²) >= 11 is 0. The van der Waals surface area contributed by atoms with Crippen LogP contribution >= 0.6 is 0 Å². The molecular weight excluding hydrogens is 336 g/mol. The number of hydrogen-bond donors (Lipinski definition) is 0. The summed E-state index contributed by atoms with van der Waals surface area (Å²) in [7, 11) is 0. The number of esters is 1. The summed E-state index contributed by atoms with van der Waals surface area (Å²) in [6.45, 7) is 3.71. The van der Waals surface area contributed by atoms with Crippen LogP contribution in [-0.4, -0.2) is 69.1 Å². The van der Waals surface area contributed by atoms with Crippen LogP contribution in [0.5, 0.6) is 0 Å². The van der Waals surface area contributed by atoms with Gasteiger partial charge in [-0.1, -0.05) is 0 Å². The van der Waals surface area contributed by atoms with Crippen molar-refractivity contribution >= 4 is 23.5 Å². The number of carbonyl (C=O) groups excluding carboxylic acids is 2. The minimum atomic E-state index is -0.436. The van der Waals surface area contributed by atoms with Crippen LogP contribution in [0, 0.1) is 0 Å². The van der Waals surface area contributed by atoms with E-state index in [1.807, 2.05) is 4.52 Å². The van der Waals surface area contributed by atoms with E-state index in [4.69, 9.17) is 4.74 Å². The summed E-state index contributed by atoms with van der Waals surface area (Å²) < 4.78 is 6.64. The van der Waals surface area contributed by atoms with E-state index in [0.717, 1.165) is 37.2 Å². The molecule has 3 heterocycles. The molecule has 0 radical (unpaired) electrons. The molecule has 0 N–H and O–H groups in total. The van der Waals surface area contributed by atoms with Crippen molar-refractivity contribution in [1.82, 2.24) is 24.5 Å². The number of aromatic nitrogens is 4. The van der Waals surface area contributed by atoms with Crippen LogP contribution in [0.15, 0.2) is 6.33 Å². The van der Waals surface area contributed by atoms with Crippen molar-refractivity contribution in [3.63, 3.8) is 0 Å². The van der Waals surface area contributed by atoms with Crippen LogP contribution < -0.4 is 4.90 Å². The van der Waals surface area contributed by atoms with Gasteiger partial charge >= 0.3 is 5.97 Å². The van der Waals surface area contributed by atoms with Crippen molar-refractivity contribution in [2.24, 2.45) is 0 Å². The van der Waals surface area contributed by atoms with Gasteiger partial charge in [-0.2, -0.15) is 14.6 Å². The molecule has 0 atom stereocenters. The minimum Gasteiger partial charge on any atom is -0.456 e. The average Bonchev–Trinajstić information content (AvgIpc) is 3.12. The van der Waals surface area contributed by atoms with Gasteiger partial charge in [-0.3, -0.25) is 9.59 Å². The lowest BCUT2D eigenvalue weighted by Gasteiger charge is -2.37. The van der Waals surface area contributed by atoms with Crippen molar-refractivity contribution in [1.29, 1.82) is 0 Å². The fourth-order valence-electron chi connectivity index (χ4n) is 3.71. The van der Waals surface area contributed by atoms with Gasteiger partial charge in [0, 0.05) is 38.7 Å². The zero-order chi connectivity index (χ0) is 18.1. The second-order valence-corrected chi connectivity index (χ2v) is 6.69. The quantitative estimate of drug-likeness (QED) is 0.724. The van der Waals surface area contributed by atoms with Crippen LogP contribution in [0.4, 0.5) is 5.82 Å². The monoisotopic (exact) mass is 358 g/mol. The van der Waals surface area contributed by atoms with Crippen molar-refractivity contribution in [3.05, 3.63) is 17.6 Å². The van der Waals surface area contributed by atoms with Crippen molar-refractivity contribution in [2.75, 3.05) is 37.7 Å². The van der Waals surface area contributed by atoms with Gasteiger partial charge in [-0.15, -0.1) is 0 Å². The maximum atomic E-state index is 12.1. The Morgan fingerprint density at radius 1 is 1.15 bits per heavy atom. The summed E-state index contributed by atoms with van der Waals surface area (Å²) in [6.07, 6.45) is 5.83. The molecule has 1 amide bonds. The molecular formula is C17H22N6O3. The molecule has 1 aliphatic heterocycles. The first-order valence-corrected chi connectivity index (χ1v) is 9.01. The Morgan fingerprint density at radius 3 is 2.69 bits per heavy atom. The Hall–Kier alpha value is -2.71. The van der Waals surface area contributed by atoms with E-state index in [1.165, 1.54) is 18.8 Å². The van der Waals surface area contributed by atoms with Crippen LogP contribution in [0.1, 0.15) is 31.0 Å². The second-order valence-electron chi connectivity index (χ2n) is 6.69. The van der Waals surface area contributed by atoms with Crippen LogP contribution in [0.25, 0.3) is 5.78 Å². The molecule has 1 aliphatic carbocycles. The molecule has 4 rings (SSSR count). The molecule has 138 valence electrons. The molecule has 0 bridgehead atoms. The van der Waals surface area contributed by atoms with Gasteiger partial charge in [-0.05, 0) is 25.7 Å². The number of rotatable bonds is 3. The predicted octanol–water partition coefficient (Wildman–Crippen LogP) is 0.215. The largest absolute Gasteiger partial charge is 0.456 e. The average molecular weight is 358 g/mol. The number of piperazine rings is 1. The minimum absolute atomic E-state index is 0.150. The maximum absolute atomic E-state index is 12.1. The molecule has 2 aromatic heterocycles. The molecule has 1 saturated heterocycles. The number of fused-ring (bicyclic) bond motifs is 2. The van der Waals surface area contributed by atoms with Crippen molar-refractivity contribution in [3.8, 4) is 0 Å². The third-order valence-electron chi connectivity index (χ3n) is 5.00. The SMILES string of the molecule is CC(=O)OCC(=O)N1CCN(c2c3c(nc4ncnn24)CCCC3)CC1. The molecule has 0 aromatic carbocycles. The molecule has 9 heteroatoms. The number of hydrogen-bond acceptors (Lipinski definition) is 7. The molecule has 2 aromatic rings. The van der Waals surface area contributed by atoms with E-state index in [2.05, 4.69) is 20.0 Å². The second kappa shape index (κ2) is 6.89. The number of anilines is 1. The summed E-state index contributed by atoms with van der Waals surface area (Å²) in [6, 6.07) is 0. The molecule has 9 nitrogen and oxygen atoms in total. The number of ether oxygens (including phenoxy) is 1. The number of amides is 1. The molecule has 0 spiro atoms. The summed E-state index contributed by atoms with van der Waals surface area (Å²) in [5, 5.41) is 4.37. The van der Waals surface area contributed by atoms with Crippen LogP contribution in [0.3, 0.4) is 0 Å². The maximum Gasteiger partial charge on any atom is 0.303 e. The van der Waals surface area contributed by atoms with E-state index in [1.54, 1.807) is 4.90 Å². The highest BCUT2D eigenvalue weighted by Crippen LogP contribution is 2.30. The fourth-order valence-corrected chi connectivity index (χ4v) is 3.71. The lowest BCUT2D eigenvalue weighted by atomic mass is 9.96. The van der Waals surface area contributed by atoms with Gasteiger partial charge in [0.05, 0.1) is 5.69 Å². The Bertz CT molecular complexity index is 840. The Balaban J connectivity index is 1.54. The third kappa shape index (κ3) is 3.09. The zero-order valence-corrected chi connectivity index (χ0v) is 14.8. The number of nitrogens with zero attached hydrogens (tertiary/aromatic N) is 6. The lowest BCUT2D eigenvalue weighted by Crippen LogP contribution is -2.50. The Morgan fingerprint density at radius 2 is 1.92 bits per heavy atom. The predicted molar refractivity (Wildman–Crippen MR) is 92.9 cm³/mol. The Kier molecular flexibility index (Phi) is 4.44. The van der Waals surface area contributed by atoms with Crippen molar-refractivity contribution in [2.45, 2.75) is 32.6 Å². The van der Waals surface area contributed by atoms with E-state index in [9.17, 15) is 9.59 Å². The first-order valence-electron chi connectivity index (χ1n) is 9.01. The van der Waals surface area contributed by atoms with Gasteiger partial charge in [0.15, 0.2) is 6.61 Å². The van der Waals surface area contributed by atoms with Gasteiger partial charge in [0.25, 0.3) is 11.7 Å². The van der Waals surface area contributed by atoms with Crippen LogP contribution in [0.2, 0.25) is 0 Å². The van der Waals surface area contributed by atoms with Gasteiger partial charge in [0.1, 0.15) is 12.1 Å². The first kappa shape index (κ1) is 16.7. The van der Waals surface area contributed by atoms with Crippen molar-refractivity contribution < 1.29 is 14.3 Å². The number of carbonyl (C=O) groups is 2. The molecule has 0 saturated carbocycles. The highest BCUT2D eigenvalue weighted by Gasteiger charge is 2.27. The molecule has 2 aliphatic rings. The highest BCUT2D eigenvalue weighted by atomic mass is 16.5. The Labute approximate surface area is 151 Å². The fraction of sp³-hybridized carbons (Fsp3) is 0.588. The van der Waals surface area contributed by atoms with E-state index < -0.39 is 5.97 Å². The van der Waals surface area contributed by atoms with Gasteiger partial charge in [-0.25, -0.2) is 4.98 Å². The van der Waals surface area contributed by atoms with E-state index >= 15 is 0 Å². The van der Waals surface area contributed by atoms with E-state index in [0.29, 0.717) is 32.0 Å². The van der Waals surface area contributed by atoms with E-state index in [-0.39, 0.29) is 12.5 Å². The van der Waals surface area contributed by atoms with Gasteiger partial charge in [0.2, 0.25) is 0 Å². The summed E-state index contributed by atoms with van der Waals surface area (Å²) in [5.41, 5.74) is 2.38. The normalized spacial score (nSPS) is 17.3. The summed E-state index contributed by atoms with van der Waals surface area (Å²) in [4.78, 5) is 36.0. The number of aryl methyl sites for hydroxylation is 1. The standard InChI is InChI=1S/C17H22N6O3/c1-12(24)26-10-15(25)21-6-8-22(9-7-21)16-13-4-2-3-5-14(13)20-17-18-11-19-23(16)17/h11H,2-10H2,1H3. The van der Waals surface area contributed by atoms with Gasteiger partial charge < -0.3 is 14.5 Å². The molecule has 26 heavy (non-hydrogen) atoms. The van der Waals surface area contributed by atoms with Crippen LogP contribution in [-0.2, 0) is 27.2 Å². The topological polar surface area (TPSA) is 92.9 Å². The first-order chi connectivity index (χ1) is 12.6. The zero-order valence-electron chi connectivity index (χ0n) is 14.8.